The van der Waals surface area contributed by atoms with Crippen LogP contribution in [0.4, 0.5) is 11.4 Å². The predicted octanol–water partition coefficient (Wildman–Crippen LogP) is 3.08. The molecule has 0 radical (unpaired) electrons. The van der Waals surface area contributed by atoms with Crippen LogP contribution in [0, 0.1) is 21.4 Å². The van der Waals surface area contributed by atoms with Crippen LogP contribution in [0.15, 0.2) is 48.5 Å². The van der Waals surface area contributed by atoms with E-state index in [2.05, 4.69) is 11.4 Å². The summed E-state index contributed by atoms with van der Waals surface area (Å²) in [4.78, 5) is 10.4. The normalized spacial score (nSPS) is 9.63. The lowest BCUT2D eigenvalue weighted by Crippen LogP contribution is -2.02. The first-order valence-corrected chi connectivity index (χ1v) is 5.67. The fourth-order valence-electron chi connectivity index (χ4n) is 1.73. The Morgan fingerprint density at radius 3 is 2.74 bits per heavy atom. The zero-order chi connectivity index (χ0) is 13.7. The third-order valence-corrected chi connectivity index (χ3v) is 2.64. The molecular formula is C14H11N3O2. The van der Waals surface area contributed by atoms with E-state index in [4.69, 9.17) is 5.26 Å². The van der Waals surface area contributed by atoms with Gasteiger partial charge in [0.05, 0.1) is 16.6 Å². The molecule has 2 aromatic carbocycles. The lowest BCUT2D eigenvalue weighted by Gasteiger charge is -2.07. The molecule has 1 N–H and O–H groups in total. The Kier molecular flexibility index (Phi) is 3.74. The molecule has 2 rings (SSSR count). The Bertz CT molecular complexity index is 647. The minimum atomic E-state index is -0.423. The van der Waals surface area contributed by atoms with Crippen LogP contribution in [0.25, 0.3) is 0 Å². The quantitative estimate of drug-likeness (QED) is 0.670. The van der Waals surface area contributed by atoms with Crippen molar-refractivity contribution in [1.29, 1.82) is 5.26 Å². The lowest BCUT2D eigenvalue weighted by atomic mass is 10.1. The van der Waals surface area contributed by atoms with Gasteiger partial charge < -0.3 is 5.32 Å². The van der Waals surface area contributed by atoms with Crippen LogP contribution in [-0.2, 0) is 6.54 Å². The first kappa shape index (κ1) is 12.6. The molecule has 94 valence electrons. The van der Waals surface area contributed by atoms with E-state index in [1.807, 2.05) is 6.07 Å². The summed E-state index contributed by atoms with van der Waals surface area (Å²) in [5.41, 5.74) is 1.98. The highest BCUT2D eigenvalue weighted by Gasteiger charge is 2.11. The van der Waals surface area contributed by atoms with E-state index < -0.39 is 4.92 Å². The van der Waals surface area contributed by atoms with E-state index in [9.17, 15) is 10.1 Å². The van der Waals surface area contributed by atoms with Crippen LogP contribution in [0.5, 0.6) is 0 Å². The molecule has 19 heavy (non-hydrogen) atoms. The van der Waals surface area contributed by atoms with Crippen molar-refractivity contribution in [3.05, 3.63) is 69.8 Å². The standard InChI is InChI=1S/C14H11N3O2/c15-9-11-4-3-5-12(8-11)10-16-13-6-1-2-7-14(13)17(18)19/h1-8,16H,10H2. The molecule has 2 aromatic rings. The van der Waals surface area contributed by atoms with Gasteiger partial charge in [-0.25, -0.2) is 0 Å². The van der Waals surface area contributed by atoms with Crippen molar-refractivity contribution in [2.45, 2.75) is 6.54 Å². The second kappa shape index (κ2) is 5.65. The van der Waals surface area contributed by atoms with Crippen molar-refractivity contribution in [2.75, 3.05) is 5.32 Å². The molecule has 0 aliphatic rings. The van der Waals surface area contributed by atoms with E-state index >= 15 is 0 Å². The second-order valence-electron chi connectivity index (χ2n) is 3.94. The van der Waals surface area contributed by atoms with Gasteiger partial charge in [-0.3, -0.25) is 10.1 Å². The van der Waals surface area contributed by atoms with Gasteiger partial charge >= 0.3 is 0 Å². The highest BCUT2D eigenvalue weighted by molar-refractivity contribution is 5.61. The molecule has 0 aliphatic heterocycles. The number of nitrogens with one attached hydrogen (secondary N) is 1. The lowest BCUT2D eigenvalue weighted by molar-refractivity contribution is -0.384. The monoisotopic (exact) mass is 253 g/mol. The van der Waals surface area contributed by atoms with Crippen LogP contribution < -0.4 is 5.32 Å². The molecule has 0 heterocycles. The number of benzene rings is 2. The van der Waals surface area contributed by atoms with Gasteiger partial charge in [-0.2, -0.15) is 5.26 Å². The summed E-state index contributed by atoms with van der Waals surface area (Å²) in [7, 11) is 0. The van der Waals surface area contributed by atoms with Gasteiger partial charge in [0.2, 0.25) is 0 Å². The highest BCUT2D eigenvalue weighted by atomic mass is 16.6. The molecule has 0 amide bonds. The summed E-state index contributed by atoms with van der Waals surface area (Å²) in [6, 6.07) is 15.7. The number of nitriles is 1. The smallest absolute Gasteiger partial charge is 0.292 e. The maximum absolute atomic E-state index is 10.9. The number of nitro groups is 1. The van der Waals surface area contributed by atoms with Crippen molar-refractivity contribution in [3.63, 3.8) is 0 Å². The Balaban J connectivity index is 2.15. The summed E-state index contributed by atoms with van der Waals surface area (Å²) in [6.07, 6.45) is 0. The summed E-state index contributed by atoms with van der Waals surface area (Å²) in [5, 5.41) is 22.7. The number of hydrogen-bond donors (Lipinski definition) is 1. The zero-order valence-corrected chi connectivity index (χ0v) is 10.0. The number of anilines is 1. The Labute approximate surface area is 110 Å². The average Bonchev–Trinajstić information content (AvgIpc) is 2.45. The summed E-state index contributed by atoms with van der Waals surface area (Å²) in [5.74, 6) is 0. The maximum atomic E-state index is 10.9. The van der Waals surface area contributed by atoms with Gasteiger partial charge in [0.25, 0.3) is 5.69 Å². The highest BCUT2D eigenvalue weighted by Crippen LogP contribution is 2.23. The van der Waals surface area contributed by atoms with Crippen molar-refractivity contribution in [3.8, 4) is 6.07 Å². The van der Waals surface area contributed by atoms with Crippen LogP contribution >= 0.6 is 0 Å². The molecule has 0 atom stereocenters. The van der Waals surface area contributed by atoms with E-state index in [1.165, 1.54) is 6.07 Å². The van der Waals surface area contributed by atoms with Gasteiger partial charge in [-0.15, -0.1) is 0 Å². The number of nitrogens with zero attached hydrogens (tertiary/aromatic N) is 2. The zero-order valence-electron chi connectivity index (χ0n) is 10.0. The SMILES string of the molecule is N#Cc1cccc(CNc2ccccc2[N+](=O)[O-])c1. The van der Waals surface area contributed by atoms with Gasteiger partial charge in [0.1, 0.15) is 5.69 Å². The van der Waals surface area contributed by atoms with Crippen molar-refractivity contribution in [1.82, 2.24) is 0 Å². The molecule has 0 bridgehead atoms. The second-order valence-corrected chi connectivity index (χ2v) is 3.94. The molecule has 0 aromatic heterocycles. The Morgan fingerprint density at radius 2 is 2.00 bits per heavy atom. The average molecular weight is 253 g/mol. The Morgan fingerprint density at radius 1 is 1.21 bits per heavy atom. The molecule has 5 nitrogen and oxygen atoms in total. The molecule has 0 unspecified atom stereocenters. The third-order valence-electron chi connectivity index (χ3n) is 2.64. The summed E-state index contributed by atoms with van der Waals surface area (Å²) >= 11 is 0. The van der Waals surface area contributed by atoms with E-state index in [-0.39, 0.29) is 5.69 Å². The van der Waals surface area contributed by atoms with Crippen molar-refractivity contribution >= 4 is 11.4 Å². The minimum absolute atomic E-state index is 0.0407. The van der Waals surface area contributed by atoms with Crippen molar-refractivity contribution in [2.24, 2.45) is 0 Å². The molecule has 0 fully saturated rings. The third kappa shape index (κ3) is 3.07. The Hall–Kier alpha value is -2.87. The first-order valence-electron chi connectivity index (χ1n) is 5.67. The molecular weight excluding hydrogens is 242 g/mol. The number of nitro benzene ring substituents is 1. The summed E-state index contributed by atoms with van der Waals surface area (Å²) < 4.78 is 0. The van der Waals surface area contributed by atoms with Crippen LogP contribution in [0.3, 0.4) is 0 Å². The minimum Gasteiger partial charge on any atom is -0.375 e. The van der Waals surface area contributed by atoms with Crippen LogP contribution in [0.1, 0.15) is 11.1 Å². The van der Waals surface area contributed by atoms with Crippen LogP contribution in [0.2, 0.25) is 0 Å². The molecule has 5 heteroatoms. The topological polar surface area (TPSA) is 79.0 Å². The predicted molar refractivity (Wildman–Crippen MR) is 71.6 cm³/mol. The van der Waals surface area contributed by atoms with Crippen molar-refractivity contribution < 1.29 is 4.92 Å². The van der Waals surface area contributed by atoms with E-state index in [0.29, 0.717) is 17.8 Å². The van der Waals surface area contributed by atoms with Gasteiger partial charge in [-0.1, -0.05) is 24.3 Å². The number of rotatable bonds is 4. The molecule has 0 spiro atoms. The number of hydrogen-bond acceptors (Lipinski definition) is 4. The van der Waals surface area contributed by atoms with E-state index in [1.54, 1.807) is 36.4 Å². The van der Waals surface area contributed by atoms with E-state index in [0.717, 1.165) is 5.56 Å². The largest absolute Gasteiger partial charge is 0.375 e. The fraction of sp³-hybridized carbons (Fsp3) is 0.0714. The molecule has 0 saturated carbocycles. The summed E-state index contributed by atoms with van der Waals surface area (Å²) in [6.45, 7) is 0.431. The molecule has 0 saturated heterocycles. The van der Waals surface area contributed by atoms with Gasteiger partial charge in [-0.05, 0) is 23.8 Å². The fourth-order valence-corrected chi connectivity index (χ4v) is 1.73. The first-order chi connectivity index (χ1) is 9.20. The van der Waals surface area contributed by atoms with Crippen LogP contribution in [-0.4, -0.2) is 4.92 Å². The molecule has 0 aliphatic carbocycles. The van der Waals surface area contributed by atoms with Gasteiger partial charge in [0.15, 0.2) is 0 Å². The van der Waals surface area contributed by atoms with Gasteiger partial charge in [0, 0.05) is 12.6 Å². The maximum Gasteiger partial charge on any atom is 0.292 e. The number of para-hydroxylation sites is 2.